The first kappa shape index (κ1) is 12.0. The van der Waals surface area contributed by atoms with Crippen LogP contribution in [0.4, 0.5) is 5.69 Å². The molecule has 0 radical (unpaired) electrons. The Kier molecular flexibility index (Phi) is 2.77. The zero-order chi connectivity index (χ0) is 11.9. The van der Waals surface area contributed by atoms with E-state index in [1.807, 2.05) is 0 Å². The zero-order valence-corrected chi connectivity index (χ0v) is 9.34. The monoisotopic (exact) mass is 251 g/mol. The molecule has 1 aromatic rings. The standard InChI is InChI=1S/C7H9NO5S2/c1-14(9,10)6-3-2-5(8)4-7(6)15(11,12)13/h2-4H,8H2,1H3,(H,11,12,13). The van der Waals surface area contributed by atoms with Crippen LogP contribution in [0.2, 0.25) is 0 Å². The quantitative estimate of drug-likeness (QED) is 0.561. The van der Waals surface area contributed by atoms with Gasteiger partial charge in [0, 0.05) is 11.9 Å². The zero-order valence-electron chi connectivity index (χ0n) is 7.71. The van der Waals surface area contributed by atoms with Crippen LogP contribution < -0.4 is 5.73 Å². The third-order valence-electron chi connectivity index (χ3n) is 1.65. The van der Waals surface area contributed by atoms with Crippen LogP contribution in [-0.4, -0.2) is 27.6 Å². The lowest BCUT2D eigenvalue weighted by Gasteiger charge is -2.05. The Balaban J connectivity index is 3.71. The summed E-state index contributed by atoms with van der Waals surface area (Å²) in [6.45, 7) is 0. The lowest BCUT2D eigenvalue weighted by Crippen LogP contribution is -2.08. The maximum absolute atomic E-state index is 11.2. The summed E-state index contributed by atoms with van der Waals surface area (Å²) >= 11 is 0. The largest absolute Gasteiger partial charge is 0.399 e. The fourth-order valence-corrected chi connectivity index (χ4v) is 3.15. The van der Waals surface area contributed by atoms with Gasteiger partial charge in [-0.15, -0.1) is 0 Å². The molecule has 0 atom stereocenters. The average molecular weight is 251 g/mol. The maximum Gasteiger partial charge on any atom is 0.295 e. The molecule has 0 aromatic heterocycles. The highest BCUT2D eigenvalue weighted by Gasteiger charge is 2.22. The molecule has 0 aliphatic carbocycles. The summed E-state index contributed by atoms with van der Waals surface area (Å²) in [5, 5.41) is 0. The molecule has 6 nitrogen and oxygen atoms in total. The molecule has 1 aromatic carbocycles. The van der Waals surface area contributed by atoms with E-state index in [4.69, 9.17) is 10.3 Å². The second-order valence-electron chi connectivity index (χ2n) is 2.95. The van der Waals surface area contributed by atoms with E-state index in [0.29, 0.717) is 0 Å². The summed E-state index contributed by atoms with van der Waals surface area (Å²) in [4.78, 5) is -1.18. The number of hydrogen-bond donors (Lipinski definition) is 2. The first-order valence-electron chi connectivity index (χ1n) is 3.69. The molecule has 0 saturated heterocycles. The lowest BCUT2D eigenvalue weighted by atomic mass is 10.3. The van der Waals surface area contributed by atoms with Gasteiger partial charge in [0.25, 0.3) is 10.1 Å². The molecule has 3 N–H and O–H groups in total. The Morgan fingerprint density at radius 3 is 2.07 bits per heavy atom. The van der Waals surface area contributed by atoms with Gasteiger partial charge in [-0.25, -0.2) is 8.42 Å². The van der Waals surface area contributed by atoms with Crippen LogP contribution in [0, 0.1) is 0 Å². The molecule has 15 heavy (non-hydrogen) atoms. The fourth-order valence-electron chi connectivity index (χ4n) is 1.03. The smallest absolute Gasteiger partial charge is 0.295 e. The van der Waals surface area contributed by atoms with Crippen LogP contribution in [-0.2, 0) is 20.0 Å². The Morgan fingerprint density at radius 1 is 1.13 bits per heavy atom. The van der Waals surface area contributed by atoms with Crippen molar-refractivity contribution >= 4 is 25.6 Å². The molecule has 0 saturated carbocycles. The molecule has 0 fully saturated rings. The summed E-state index contributed by atoms with van der Waals surface area (Å²) in [5.74, 6) is 0. The van der Waals surface area contributed by atoms with Crippen molar-refractivity contribution in [1.82, 2.24) is 0 Å². The van der Waals surface area contributed by atoms with E-state index in [2.05, 4.69) is 0 Å². The molecule has 0 aliphatic rings. The third-order valence-corrected chi connectivity index (χ3v) is 3.82. The van der Waals surface area contributed by atoms with Gasteiger partial charge in [0.1, 0.15) is 4.90 Å². The van der Waals surface area contributed by atoms with E-state index in [1.165, 1.54) is 6.07 Å². The third kappa shape index (κ3) is 2.67. The average Bonchev–Trinajstić information content (AvgIpc) is 2.00. The van der Waals surface area contributed by atoms with Crippen LogP contribution in [0.3, 0.4) is 0 Å². The van der Waals surface area contributed by atoms with Crippen LogP contribution >= 0.6 is 0 Å². The fraction of sp³-hybridized carbons (Fsp3) is 0.143. The summed E-state index contributed by atoms with van der Waals surface area (Å²) in [6.07, 6.45) is 0.840. The molecule has 0 amide bonds. The molecule has 0 spiro atoms. The Morgan fingerprint density at radius 2 is 1.67 bits per heavy atom. The van der Waals surface area contributed by atoms with Gasteiger partial charge in [0.05, 0.1) is 4.90 Å². The predicted molar refractivity (Wildman–Crippen MR) is 53.8 cm³/mol. The predicted octanol–water partition coefficient (Wildman–Crippen LogP) is -0.0810. The minimum atomic E-state index is -4.60. The molecule has 0 aliphatic heterocycles. The van der Waals surface area contributed by atoms with Gasteiger partial charge < -0.3 is 5.73 Å². The molecule has 0 heterocycles. The number of nitrogens with two attached hydrogens (primary N) is 1. The van der Waals surface area contributed by atoms with Crippen molar-refractivity contribution in [3.8, 4) is 0 Å². The van der Waals surface area contributed by atoms with Crippen molar-refractivity contribution < 1.29 is 21.4 Å². The molecule has 84 valence electrons. The van der Waals surface area contributed by atoms with Crippen molar-refractivity contribution in [2.75, 3.05) is 12.0 Å². The molecule has 0 bridgehead atoms. The van der Waals surface area contributed by atoms with E-state index in [9.17, 15) is 16.8 Å². The number of hydrogen-bond acceptors (Lipinski definition) is 5. The summed E-state index contributed by atoms with van der Waals surface area (Å²) in [7, 11) is -8.33. The number of rotatable bonds is 2. The molecule has 0 unspecified atom stereocenters. The van der Waals surface area contributed by atoms with Crippen LogP contribution in [0.1, 0.15) is 0 Å². The number of anilines is 1. The van der Waals surface area contributed by atoms with E-state index in [0.717, 1.165) is 18.4 Å². The number of benzene rings is 1. The molecular formula is C7H9NO5S2. The second kappa shape index (κ2) is 3.47. The lowest BCUT2D eigenvalue weighted by molar-refractivity contribution is 0.480. The SMILES string of the molecule is CS(=O)(=O)c1ccc(N)cc1S(=O)(=O)O. The maximum atomic E-state index is 11.2. The van der Waals surface area contributed by atoms with E-state index >= 15 is 0 Å². The van der Waals surface area contributed by atoms with Crippen LogP contribution in [0.5, 0.6) is 0 Å². The number of nitrogen functional groups attached to an aromatic ring is 1. The molecular weight excluding hydrogens is 242 g/mol. The summed E-state index contributed by atoms with van der Waals surface area (Å²) < 4.78 is 53.0. The van der Waals surface area contributed by atoms with Crippen molar-refractivity contribution in [2.24, 2.45) is 0 Å². The molecule has 8 heteroatoms. The Hall–Kier alpha value is -1.12. The minimum absolute atomic E-state index is 0.0509. The van der Waals surface area contributed by atoms with Gasteiger partial charge in [-0.3, -0.25) is 4.55 Å². The van der Waals surface area contributed by atoms with Gasteiger partial charge in [-0.1, -0.05) is 0 Å². The van der Waals surface area contributed by atoms with Crippen molar-refractivity contribution in [3.63, 3.8) is 0 Å². The topological polar surface area (TPSA) is 115 Å². The van der Waals surface area contributed by atoms with Crippen molar-refractivity contribution in [3.05, 3.63) is 18.2 Å². The highest BCUT2D eigenvalue weighted by Crippen LogP contribution is 2.22. The first-order valence-corrected chi connectivity index (χ1v) is 7.02. The van der Waals surface area contributed by atoms with E-state index in [-0.39, 0.29) is 5.69 Å². The van der Waals surface area contributed by atoms with Crippen LogP contribution in [0.15, 0.2) is 28.0 Å². The highest BCUT2D eigenvalue weighted by atomic mass is 32.2. The Bertz CT molecular complexity index is 588. The Labute approximate surface area is 87.4 Å². The van der Waals surface area contributed by atoms with E-state index < -0.39 is 29.7 Å². The van der Waals surface area contributed by atoms with Crippen LogP contribution in [0.25, 0.3) is 0 Å². The summed E-state index contributed by atoms with van der Waals surface area (Å²) in [6, 6.07) is 3.17. The van der Waals surface area contributed by atoms with Gasteiger partial charge >= 0.3 is 0 Å². The molecule has 1 rings (SSSR count). The van der Waals surface area contributed by atoms with E-state index in [1.54, 1.807) is 0 Å². The van der Waals surface area contributed by atoms with Gasteiger partial charge in [-0.05, 0) is 18.2 Å². The summed E-state index contributed by atoms with van der Waals surface area (Å²) in [5.41, 5.74) is 5.35. The van der Waals surface area contributed by atoms with Crippen molar-refractivity contribution in [2.45, 2.75) is 9.79 Å². The first-order chi connectivity index (χ1) is 6.62. The van der Waals surface area contributed by atoms with Gasteiger partial charge in [-0.2, -0.15) is 8.42 Å². The number of sulfone groups is 1. The second-order valence-corrected chi connectivity index (χ2v) is 6.33. The van der Waals surface area contributed by atoms with Gasteiger partial charge in [0.15, 0.2) is 9.84 Å². The van der Waals surface area contributed by atoms with Crippen molar-refractivity contribution in [1.29, 1.82) is 0 Å². The normalized spacial score (nSPS) is 12.7. The minimum Gasteiger partial charge on any atom is -0.399 e. The van der Waals surface area contributed by atoms with Gasteiger partial charge in [0.2, 0.25) is 0 Å². The highest BCUT2D eigenvalue weighted by molar-refractivity contribution is 7.92.